The van der Waals surface area contributed by atoms with E-state index in [9.17, 15) is 9.90 Å². The van der Waals surface area contributed by atoms with Gasteiger partial charge in [0.25, 0.3) is 0 Å². The topological polar surface area (TPSA) is 125 Å². The molecule has 1 fully saturated rings. The van der Waals surface area contributed by atoms with Gasteiger partial charge in [0.2, 0.25) is 0 Å². The van der Waals surface area contributed by atoms with Crippen molar-refractivity contribution in [3.63, 3.8) is 0 Å². The van der Waals surface area contributed by atoms with Gasteiger partial charge in [-0.3, -0.25) is 0 Å². The smallest absolute Gasteiger partial charge is 0.338 e. The molecule has 0 saturated carbocycles. The lowest BCUT2D eigenvalue weighted by atomic mass is 9.98. The Hall–Kier alpha value is -2.12. The SMILES string of the molecule is [N-]=[N+]=NC1COC(CO)[C@@H](O)[C@H]1OC(=O)c1ccccc1. The molecule has 0 radical (unpaired) electrons. The number of ether oxygens (including phenoxy) is 2. The number of hydrogen-bond acceptors (Lipinski definition) is 6. The summed E-state index contributed by atoms with van der Waals surface area (Å²) in [5.41, 5.74) is 8.84. The second kappa shape index (κ2) is 7.05. The van der Waals surface area contributed by atoms with Gasteiger partial charge in [0.05, 0.1) is 18.8 Å². The van der Waals surface area contributed by atoms with Crippen LogP contribution in [0.4, 0.5) is 0 Å². The second-order valence-corrected chi connectivity index (χ2v) is 4.55. The highest BCUT2D eigenvalue weighted by Crippen LogP contribution is 2.22. The highest BCUT2D eigenvalue weighted by molar-refractivity contribution is 5.89. The summed E-state index contributed by atoms with van der Waals surface area (Å²) in [6, 6.07) is 7.40. The Morgan fingerprint density at radius 2 is 2.19 bits per heavy atom. The molecule has 1 aliphatic rings. The van der Waals surface area contributed by atoms with Gasteiger partial charge in [0.15, 0.2) is 0 Å². The lowest BCUT2D eigenvalue weighted by Gasteiger charge is -2.37. The van der Waals surface area contributed by atoms with Crippen molar-refractivity contribution in [3.05, 3.63) is 46.3 Å². The molecule has 8 nitrogen and oxygen atoms in total. The van der Waals surface area contributed by atoms with Gasteiger partial charge >= 0.3 is 5.97 Å². The molecule has 1 aliphatic heterocycles. The number of hydrogen-bond donors (Lipinski definition) is 2. The molecule has 0 spiro atoms. The first-order chi connectivity index (χ1) is 10.2. The molecule has 8 heteroatoms. The Morgan fingerprint density at radius 1 is 1.48 bits per heavy atom. The summed E-state index contributed by atoms with van der Waals surface area (Å²) in [6.45, 7) is -0.470. The Morgan fingerprint density at radius 3 is 2.81 bits per heavy atom. The summed E-state index contributed by atoms with van der Waals surface area (Å²) >= 11 is 0. The van der Waals surface area contributed by atoms with Gasteiger partial charge in [0, 0.05) is 4.91 Å². The molecule has 112 valence electrons. The number of aliphatic hydroxyl groups excluding tert-OH is 2. The van der Waals surface area contributed by atoms with E-state index in [1.165, 1.54) is 0 Å². The fraction of sp³-hybridized carbons (Fsp3) is 0.462. The molecular weight excluding hydrogens is 278 g/mol. The molecular formula is C13H15N3O5. The molecule has 1 aromatic rings. The van der Waals surface area contributed by atoms with Crippen molar-refractivity contribution >= 4 is 5.97 Å². The summed E-state index contributed by atoms with van der Waals surface area (Å²) in [6.07, 6.45) is -3.23. The minimum Gasteiger partial charge on any atom is -0.455 e. The summed E-state index contributed by atoms with van der Waals surface area (Å²) in [4.78, 5) is 14.7. The van der Waals surface area contributed by atoms with E-state index in [-0.39, 0.29) is 6.61 Å². The predicted molar refractivity (Wildman–Crippen MR) is 71.4 cm³/mol. The molecule has 0 aliphatic carbocycles. The Balaban J connectivity index is 2.16. The lowest BCUT2D eigenvalue weighted by molar-refractivity contribution is -0.157. The number of azide groups is 1. The standard InChI is InChI=1S/C13H15N3O5/c14-16-15-9-7-20-10(6-17)11(18)12(9)21-13(19)8-4-2-1-3-5-8/h1-5,9-12,17-18H,6-7H2/t9?,10?,11-,12+/m1/s1. The van der Waals surface area contributed by atoms with Gasteiger partial charge in [-0.2, -0.15) is 0 Å². The Bertz CT molecular complexity index is 532. The third-order valence-electron chi connectivity index (χ3n) is 3.21. The van der Waals surface area contributed by atoms with Crippen molar-refractivity contribution < 1.29 is 24.5 Å². The zero-order valence-corrected chi connectivity index (χ0v) is 11.1. The number of carbonyl (C=O) groups excluding carboxylic acids is 1. The highest BCUT2D eigenvalue weighted by Gasteiger charge is 2.41. The molecule has 2 rings (SSSR count). The molecule has 0 bridgehead atoms. The minimum absolute atomic E-state index is 0.0426. The number of carbonyl (C=O) groups is 1. The van der Waals surface area contributed by atoms with Crippen LogP contribution in [0.15, 0.2) is 35.4 Å². The van der Waals surface area contributed by atoms with Crippen molar-refractivity contribution in [3.8, 4) is 0 Å². The molecule has 4 atom stereocenters. The number of rotatable bonds is 4. The quantitative estimate of drug-likeness (QED) is 0.365. The summed E-state index contributed by atoms with van der Waals surface area (Å²) in [5, 5.41) is 22.7. The van der Waals surface area contributed by atoms with Crippen LogP contribution in [0.25, 0.3) is 10.4 Å². The Labute approximate surface area is 120 Å². The molecule has 1 saturated heterocycles. The average Bonchev–Trinajstić information content (AvgIpc) is 2.52. The maximum absolute atomic E-state index is 12.0. The monoisotopic (exact) mass is 293 g/mol. The van der Waals surface area contributed by atoms with Crippen LogP contribution in [0.1, 0.15) is 10.4 Å². The molecule has 0 aromatic heterocycles. The van der Waals surface area contributed by atoms with Crippen molar-refractivity contribution in [2.75, 3.05) is 13.2 Å². The number of esters is 1. The first-order valence-electron chi connectivity index (χ1n) is 6.38. The lowest BCUT2D eigenvalue weighted by Crippen LogP contribution is -2.55. The van der Waals surface area contributed by atoms with Crippen LogP contribution in [-0.2, 0) is 9.47 Å². The van der Waals surface area contributed by atoms with Gasteiger partial charge in [-0.15, -0.1) is 0 Å². The van der Waals surface area contributed by atoms with Crippen molar-refractivity contribution in [1.82, 2.24) is 0 Å². The van der Waals surface area contributed by atoms with Crippen LogP contribution in [0, 0.1) is 0 Å². The zero-order chi connectivity index (χ0) is 15.2. The van der Waals surface area contributed by atoms with E-state index in [1.807, 2.05) is 0 Å². The molecule has 1 aromatic carbocycles. The van der Waals surface area contributed by atoms with Crippen LogP contribution in [0.3, 0.4) is 0 Å². The van der Waals surface area contributed by atoms with E-state index >= 15 is 0 Å². The number of benzene rings is 1. The van der Waals surface area contributed by atoms with Gasteiger partial charge in [0.1, 0.15) is 24.4 Å². The molecule has 2 N–H and O–H groups in total. The first-order valence-corrected chi connectivity index (χ1v) is 6.38. The van der Waals surface area contributed by atoms with Crippen molar-refractivity contribution in [2.24, 2.45) is 5.11 Å². The van der Waals surface area contributed by atoms with E-state index in [0.29, 0.717) is 5.56 Å². The molecule has 2 unspecified atom stereocenters. The maximum Gasteiger partial charge on any atom is 0.338 e. The van der Waals surface area contributed by atoms with E-state index in [4.69, 9.17) is 20.1 Å². The maximum atomic E-state index is 12.0. The van der Waals surface area contributed by atoms with Gasteiger partial charge in [-0.05, 0) is 17.7 Å². The van der Waals surface area contributed by atoms with E-state index in [0.717, 1.165) is 0 Å². The second-order valence-electron chi connectivity index (χ2n) is 4.55. The zero-order valence-electron chi connectivity index (χ0n) is 11.1. The Kier molecular flexibility index (Phi) is 5.13. The van der Waals surface area contributed by atoms with E-state index in [2.05, 4.69) is 10.0 Å². The number of nitrogens with zero attached hydrogens (tertiary/aromatic N) is 3. The normalized spacial score (nSPS) is 28.5. The predicted octanol–water partition coefficient (Wildman–Crippen LogP) is 0.643. The fourth-order valence-electron chi connectivity index (χ4n) is 2.09. The largest absolute Gasteiger partial charge is 0.455 e. The van der Waals surface area contributed by atoms with Crippen LogP contribution in [0.5, 0.6) is 0 Å². The van der Waals surface area contributed by atoms with Crippen LogP contribution in [0.2, 0.25) is 0 Å². The van der Waals surface area contributed by atoms with Crippen LogP contribution >= 0.6 is 0 Å². The van der Waals surface area contributed by atoms with E-state index in [1.54, 1.807) is 30.3 Å². The third kappa shape index (κ3) is 3.50. The van der Waals surface area contributed by atoms with E-state index < -0.39 is 36.9 Å². The molecule has 21 heavy (non-hydrogen) atoms. The minimum atomic E-state index is -1.27. The number of aliphatic hydroxyl groups is 2. The van der Waals surface area contributed by atoms with Crippen LogP contribution < -0.4 is 0 Å². The van der Waals surface area contributed by atoms with Gasteiger partial charge < -0.3 is 19.7 Å². The summed E-state index contributed by atoms with van der Waals surface area (Å²) in [7, 11) is 0. The van der Waals surface area contributed by atoms with Gasteiger partial charge in [-0.25, -0.2) is 4.79 Å². The molecule has 0 amide bonds. The summed E-state index contributed by atoms with van der Waals surface area (Å²) < 4.78 is 10.4. The first kappa shape index (κ1) is 15.3. The van der Waals surface area contributed by atoms with Gasteiger partial charge in [-0.1, -0.05) is 23.3 Å². The summed E-state index contributed by atoms with van der Waals surface area (Å²) in [5.74, 6) is -0.642. The van der Waals surface area contributed by atoms with Crippen molar-refractivity contribution in [1.29, 1.82) is 0 Å². The molecule has 1 heterocycles. The van der Waals surface area contributed by atoms with Crippen molar-refractivity contribution in [2.45, 2.75) is 24.4 Å². The fourth-order valence-corrected chi connectivity index (χ4v) is 2.09. The average molecular weight is 293 g/mol. The third-order valence-corrected chi connectivity index (χ3v) is 3.21. The van der Waals surface area contributed by atoms with Crippen LogP contribution in [-0.4, -0.2) is 53.7 Å². The highest BCUT2D eigenvalue weighted by atomic mass is 16.6.